The molecule has 2 heterocycles. The number of pyridine rings is 2. The summed E-state index contributed by atoms with van der Waals surface area (Å²) in [5.74, 6) is 0.286. The Morgan fingerprint density at radius 1 is 1.05 bits per heavy atom. The number of benzene rings is 1. The van der Waals surface area contributed by atoms with Gasteiger partial charge in [0, 0.05) is 28.9 Å². The number of aromatic nitrogens is 2. The van der Waals surface area contributed by atoms with Gasteiger partial charge in [-0.25, -0.2) is 9.78 Å². The summed E-state index contributed by atoms with van der Waals surface area (Å²) in [5, 5.41) is 6.07. The van der Waals surface area contributed by atoms with Crippen LogP contribution in [0, 0.1) is 0 Å². The maximum Gasteiger partial charge on any atom is 0.407 e. The maximum absolute atomic E-state index is 13.5. The molecule has 2 aromatic heterocycles. The standard InChI is InChI=1S/C30H33BClN4O5S/c1-30(2,3)41-29(39)35-19-8-10-20(11-9-19)40-24-16-21(42-4)12-13-22(24)27(37)31-23-6-5-15-33-26(23)28(38)36-25-14-7-18(32)17-34-25/h5-7,12-17,19-20H,8-11H2,1-4H3,(H,35,39)(H,34,36,38). The van der Waals surface area contributed by atoms with Crippen LogP contribution in [-0.2, 0) is 4.74 Å². The largest absolute Gasteiger partial charge is 0.490 e. The van der Waals surface area contributed by atoms with Gasteiger partial charge in [-0.3, -0.25) is 9.78 Å². The minimum absolute atomic E-state index is 0.00453. The number of alkyl carbamates (subject to hydrolysis) is 1. The van der Waals surface area contributed by atoms with Crippen molar-refractivity contribution in [3.63, 3.8) is 0 Å². The zero-order valence-corrected chi connectivity index (χ0v) is 25.6. The highest BCUT2D eigenvalue weighted by Crippen LogP contribution is 2.30. The number of hydrogen-bond donors (Lipinski definition) is 2. The van der Waals surface area contributed by atoms with Crippen molar-refractivity contribution in [1.82, 2.24) is 15.3 Å². The van der Waals surface area contributed by atoms with Gasteiger partial charge in [0.15, 0.2) is 0 Å². The van der Waals surface area contributed by atoms with Gasteiger partial charge in [0.05, 0.1) is 11.1 Å². The van der Waals surface area contributed by atoms with E-state index in [-0.39, 0.29) is 23.5 Å². The molecule has 0 spiro atoms. The Morgan fingerprint density at radius 2 is 1.81 bits per heavy atom. The monoisotopic (exact) mass is 607 g/mol. The van der Waals surface area contributed by atoms with Crippen molar-refractivity contribution in [3.05, 3.63) is 71.1 Å². The van der Waals surface area contributed by atoms with Crippen molar-refractivity contribution < 1.29 is 23.9 Å². The topological polar surface area (TPSA) is 120 Å². The quantitative estimate of drug-likeness (QED) is 0.242. The number of thioether (sulfide) groups is 1. The summed E-state index contributed by atoms with van der Waals surface area (Å²) in [6.07, 6.45) is 7.23. The molecular formula is C30H33BClN4O5S. The van der Waals surface area contributed by atoms with Crippen LogP contribution in [-0.4, -0.2) is 58.9 Å². The zero-order valence-electron chi connectivity index (χ0n) is 24.0. The smallest absolute Gasteiger partial charge is 0.407 e. The van der Waals surface area contributed by atoms with Crippen molar-refractivity contribution in [1.29, 1.82) is 0 Å². The first-order valence-corrected chi connectivity index (χ1v) is 15.2. The molecule has 9 nitrogen and oxygen atoms in total. The van der Waals surface area contributed by atoms with Gasteiger partial charge in [-0.1, -0.05) is 17.7 Å². The lowest BCUT2D eigenvalue weighted by Crippen LogP contribution is -2.42. The Morgan fingerprint density at radius 3 is 2.48 bits per heavy atom. The third-order valence-electron chi connectivity index (χ3n) is 6.45. The van der Waals surface area contributed by atoms with Crippen LogP contribution < -0.4 is 20.8 Å². The van der Waals surface area contributed by atoms with Crippen LogP contribution in [0.15, 0.2) is 59.8 Å². The van der Waals surface area contributed by atoms with E-state index in [0.29, 0.717) is 40.5 Å². The normalized spacial score (nSPS) is 16.7. The second-order valence-electron chi connectivity index (χ2n) is 10.9. The molecule has 42 heavy (non-hydrogen) atoms. The number of nitrogens with zero attached hydrogens (tertiary/aromatic N) is 2. The predicted octanol–water partition coefficient (Wildman–Crippen LogP) is 5.49. The highest BCUT2D eigenvalue weighted by molar-refractivity contribution is 7.98. The van der Waals surface area contributed by atoms with E-state index in [4.69, 9.17) is 21.1 Å². The molecule has 2 N–H and O–H groups in total. The molecule has 0 bridgehead atoms. The third kappa shape index (κ3) is 8.97. The summed E-state index contributed by atoms with van der Waals surface area (Å²) in [5.41, 5.74) is -0.0359. The second-order valence-corrected chi connectivity index (χ2v) is 12.2. The Hall–Kier alpha value is -3.57. The number of carbonyl (C=O) groups is 3. The van der Waals surface area contributed by atoms with Crippen LogP contribution in [0.5, 0.6) is 5.75 Å². The minimum Gasteiger partial charge on any atom is -0.490 e. The molecule has 0 aliphatic heterocycles. The van der Waals surface area contributed by atoms with Crippen LogP contribution in [0.2, 0.25) is 5.02 Å². The van der Waals surface area contributed by atoms with E-state index in [2.05, 4.69) is 20.6 Å². The number of amides is 2. The molecule has 12 heteroatoms. The van der Waals surface area contributed by atoms with E-state index in [0.717, 1.165) is 17.7 Å². The van der Waals surface area contributed by atoms with Gasteiger partial charge in [-0.2, -0.15) is 0 Å². The molecule has 4 rings (SSSR count). The number of nitrogens with one attached hydrogen (secondary N) is 2. The number of hydrogen-bond acceptors (Lipinski definition) is 8. The van der Waals surface area contributed by atoms with Crippen molar-refractivity contribution in [2.24, 2.45) is 0 Å². The van der Waals surface area contributed by atoms with E-state index in [1.807, 2.05) is 39.2 Å². The molecule has 3 aromatic rings. The van der Waals surface area contributed by atoms with Crippen LogP contribution in [0.4, 0.5) is 10.6 Å². The summed E-state index contributed by atoms with van der Waals surface area (Å²) in [4.78, 5) is 47.9. The Labute approximate surface area is 255 Å². The average molecular weight is 608 g/mol. The van der Waals surface area contributed by atoms with Gasteiger partial charge in [0.1, 0.15) is 28.5 Å². The third-order valence-corrected chi connectivity index (χ3v) is 7.40. The lowest BCUT2D eigenvalue weighted by Gasteiger charge is -2.31. The highest BCUT2D eigenvalue weighted by atomic mass is 35.5. The lowest BCUT2D eigenvalue weighted by molar-refractivity contribution is 0.0470. The molecule has 0 atom stereocenters. The van der Waals surface area contributed by atoms with Crippen molar-refractivity contribution in [2.45, 2.75) is 69.1 Å². The van der Waals surface area contributed by atoms with Gasteiger partial charge in [-0.15, -0.1) is 11.8 Å². The Kier molecular flexibility index (Phi) is 10.5. The van der Waals surface area contributed by atoms with Gasteiger partial charge in [0.25, 0.3) is 13.2 Å². The first-order chi connectivity index (χ1) is 20.0. The number of halogens is 1. The first kappa shape index (κ1) is 31.4. The lowest BCUT2D eigenvalue weighted by atomic mass is 9.63. The molecule has 1 aromatic carbocycles. The van der Waals surface area contributed by atoms with Crippen LogP contribution in [0.3, 0.4) is 0 Å². The van der Waals surface area contributed by atoms with E-state index in [1.54, 1.807) is 42.1 Å². The number of carbonyl (C=O) groups excluding carboxylic acids is 3. The Balaban J connectivity index is 1.43. The molecule has 0 saturated heterocycles. The van der Waals surface area contributed by atoms with Crippen molar-refractivity contribution >= 4 is 59.6 Å². The molecule has 219 valence electrons. The summed E-state index contributed by atoms with van der Waals surface area (Å²) in [6, 6.07) is 12.0. The van der Waals surface area contributed by atoms with Gasteiger partial charge >= 0.3 is 6.09 Å². The average Bonchev–Trinajstić information content (AvgIpc) is 2.94. The van der Waals surface area contributed by atoms with E-state index < -0.39 is 17.6 Å². The molecule has 1 saturated carbocycles. The SMILES string of the molecule is CSc1ccc(C(=O)[B]c2cccnc2C(=O)Nc2ccc(Cl)cn2)c(OC2CCC(NC(=O)OC(C)(C)C)CC2)c1. The molecule has 1 fully saturated rings. The fourth-order valence-corrected chi connectivity index (χ4v) is 5.02. The van der Waals surface area contributed by atoms with E-state index in [9.17, 15) is 14.4 Å². The summed E-state index contributed by atoms with van der Waals surface area (Å²) < 4.78 is 11.8. The molecule has 1 aliphatic rings. The van der Waals surface area contributed by atoms with Gasteiger partial charge in [-0.05, 0) is 94.6 Å². The van der Waals surface area contributed by atoms with Crippen LogP contribution in [0.25, 0.3) is 0 Å². The molecular weight excluding hydrogens is 575 g/mol. The van der Waals surface area contributed by atoms with Crippen molar-refractivity contribution in [2.75, 3.05) is 11.6 Å². The molecule has 1 aliphatic carbocycles. The van der Waals surface area contributed by atoms with Crippen LogP contribution >= 0.6 is 23.4 Å². The molecule has 2 amide bonds. The number of ether oxygens (including phenoxy) is 2. The minimum atomic E-state index is -0.555. The highest BCUT2D eigenvalue weighted by Gasteiger charge is 2.27. The second kappa shape index (κ2) is 14.1. The fraction of sp³-hybridized carbons (Fsp3) is 0.367. The maximum atomic E-state index is 13.5. The fourth-order valence-electron chi connectivity index (χ4n) is 4.48. The van der Waals surface area contributed by atoms with Gasteiger partial charge < -0.3 is 24.9 Å². The summed E-state index contributed by atoms with van der Waals surface area (Å²) in [7, 11) is 1.39. The number of anilines is 1. The summed E-state index contributed by atoms with van der Waals surface area (Å²) >= 11 is 7.43. The Bertz CT molecular complexity index is 1430. The van der Waals surface area contributed by atoms with E-state index in [1.165, 1.54) is 19.7 Å². The zero-order chi connectivity index (χ0) is 30.3. The number of rotatable bonds is 9. The van der Waals surface area contributed by atoms with Crippen molar-refractivity contribution in [3.8, 4) is 5.75 Å². The van der Waals surface area contributed by atoms with E-state index >= 15 is 0 Å². The molecule has 0 unspecified atom stereocenters. The van der Waals surface area contributed by atoms with Gasteiger partial charge in [0.2, 0.25) is 0 Å². The van der Waals surface area contributed by atoms with Crippen LogP contribution in [0.1, 0.15) is 67.3 Å². The predicted molar refractivity (Wildman–Crippen MR) is 165 cm³/mol. The molecule has 1 radical (unpaired) electrons. The first-order valence-electron chi connectivity index (χ1n) is 13.6. The summed E-state index contributed by atoms with van der Waals surface area (Å²) in [6.45, 7) is 5.50.